The maximum atomic E-state index is 5.45. The van der Waals surface area contributed by atoms with Crippen LogP contribution in [0.5, 0.6) is 0 Å². The summed E-state index contributed by atoms with van der Waals surface area (Å²) < 4.78 is 1.91. The average molecular weight is 140 g/mol. The van der Waals surface area contributed by atoms with Gasteiger partial charge in [0.05, 0.1) is 6.54 Å². The van der Waals surface area contributed by atoms with E-state index in [1.165, 1.54) is 0 Å². The van der Waals surface area contributed by atoms with E-state index in [4.69, 9.17) is 5.73 Å². The third-order valence-corrected chi connectivity index (χ3v) is 1.33. The molecule has 0 bridgehead atoms. The van der Waals surface area contributed by atoms with Crippen LogP contribution in [0.3, 0.4) is 0 Å². The molecule has 1 heterocycles. The highest BCUT2D eigenvalue weighted by molar-refractivity contribution is 5.25. The predicted octanol–water partition coefficient (Wildman–Crippen LogP) is -0.278. The van der Waals surface area contributed by atoms with Gasteiger partial charge in [0.2, 0.25) is 0 Å². The zero-order valence-corrected chi connectivity index (χ0v) is 6.26. The molecule has 0 aliphatic carbocycles. The van der Waals surface area contributed by atoms with E-state index in [2.05, 4.69) is 10.3 Å². The molecule has 0 unspecified atom stereocenters. The van der Waals surface area contributed by atoms with Gasteiger partial charge in [-0.2, -0.15) is 0 Å². The average Bonchev–Trinajstić information content (AvgIpc) is 2.13. The zero-order chi connectivity index (χ0) is 7.56. The minimum atomic E-state index is 0.577. The van der Waals surface area contributed by atoms with Crippen molar-refractivity contribution in [2.45, 2.75) is 6.54 Å². The van der Waals surface area contributed by atoms with Gasteiger partial charge in [-0.1, -0.05) is 0 Å². The van der Waals surface area contributed by atoms with E-state index < -0.39 is 0 Å². The summed E-state index contributed by atoms with van der Waals surface area (Å²) in [6.45, 7) is 0.758. The van der Waals surface area contributed by atoms with Gasteiger partial charge in [-0.05, 0) is 7.05 Å². The van der Waals surface area contributed by atoms with E-state index in [9.17, 15) is 0 Å². The molecular formula is C6H12N4. The van der Waals surface area contributed by atoms with Gasteiger partial charge in [-0.15, -0.1) is 0 Å². The third-order valence-electron chi connectivity index (χ3n) is 1.33. The van der Waals surface area contributed by atoms with Gasteiger partial charge in [0.15, 0.2) is 0 Å². The molecule has 0 aromatic carbocycles. The number of nitrogens with two attached hydrogens (primary N) is 1. The largest absolute Gasteiger partial charge is 0.382 e. The van der Waals surface area contributed by atoms with Gasteiger partial charge in [-0.3, -0.25) is 0 Å². The summed E-state index contributed by atoms with van der Waals surface area (Å²) in [4.78, 5) is 4.08. The lowest BCUT2D eigenvalue weighted by molar-refractivity contribution is 0.710. The molecular weight excluding hydrogens is 128 g/mol. The van der Waals surface area contributed by atoms with Crippen LogP contribution in [0.1, 0.15) is 5.82 Å². The maximum absolute atomic E-state index is 5.45. The number of rotatable bonds is 2. The van der Waals surface area contributed by atoms with Crippen molar-refractivity contribution in [3.8, 4) is 0 Å². The van der Waals surface area contributed by atoms with Gasteiger partial charge >= 0.3 is 0 Å². The summed E-state index contributed by atoms with van der Waals surface area (Å²) in [5, 5.41) is 3.00. The van der Waals surface area contributed by atoms with E-state index in [0.29, 0.717) is 5.82 Å². The van der Waals surface area contributed by atoms with Crippen molar-refractivity contribution >= 4 is 5.82 Å². The number of nitrogen functional groups attached to an aromatic ring is 1. The number of aryl methyl sites for hydroxylation is 1. The molecule has 0 radical (unpaired) electrons. The van der Waals surface area contributed by atoms with Crippen LogP contribution in [0.4, 0.5) is 5.82 Å². The Morgan fingerprint density at radius 2 is 2.50 bits per heavy atom. The quantitative estimate of drug-likeness (QED) is 0.594. The minimum Gasteiger partial charge on any atom is -0.382 e. The van der Waals surface area contributed by atoms with E-state index >= 15 is 0 Å². The van der Waals surface area contributed by atoms with E-state index in [1.54, 1.807) is 6.20 Å². The second-order valence-corrected chi connectivity index (χ2v) is 2.22. The van der Waals surface area contributed by atoms with Gasteiger partial charge in [0, 0.05) is 13.2 Å². The van der Waals surface area contributed by atoms with Crippen molar-refractivity contribution in [1.29, 1.82) is 0 Å². The Morgan fingerprint density at radius 1 is 1.80 bits per heavy atom. The van der Waals surface area contributed by atoms with E-state index in [-0.39, 0.29) is 0 Å². The van der Waals surface area contributed by atoms with Crippen molar-refractivity contribution in [3.05, 3.63) is 12.0 Å². The predicted molar refractivity (Wildman–Crippen MR) is 40.4 cm³/mol. The van der Waals surface area contributed by atoms with Crippen LogP contribution in [-0.2, 0) is 13.6 Å². The third kappa shape index (κ3) is 1.27. The highest BCUT2D eigenvalue weighted by Crippen LogP contribution is 2.00. The number of aromatic nitrogens is 2. The standard InChI is InChI=1S/C6H12N4/c1-8-3-6-9-5(7)4-10(6)2/h4,8H,3,7H2,1-2H3. The molecule has 0 saturated heterocycles. The maximum Gasteiger partial charge on any atom is 0.141 e. The first-order chi connectivity index (χ1) is 4.74. The van der Waals surface area contributed by atoms with Crippen LogP contribution in [0.15, 0.2) is 6.20 Å². The topological polar surface area (TPSA) is 55.9 Å². The van der Waals surface area contributed by atoms with Crippen molar-refractivity contribution < 1.29 is 0 Å². The summed E-state index contributed by atoms with van der Waals surface area (Å²) in [6.07, 6.45) is 1.80. The van der Waals surface area contributed by atoms with Gasteiger partial charge in [0.25, 0.3) is 0 Å². The molecule has 0 atom stereocenters. The van der Waals surface area contributed by atoms with Crippen LogP contribution in [0, 0.1) is 0 Å². The normalized spacial score (nSPS) is 10.2. The minimum absolute atomic E-state index is 0.577. The molecule has 0 aliphatic rings. The van der Waals surface area contributed by atoms with Crippen LogP contribution >= 0.6 is 0 Å². The summed E-state index contributed by atoms with van der Waals surface area (Å²) in [7, 11) is 3.81. The Hall–Kier alpha value is -1.03. The van der Waals surface area contributed by atoms with Gasteiger partial charge in [-0.25, -0.2) is 4.98 Å². The number of anilines is 1. The monoisotopic (exact) mass is 140 g/mol. The van der Waals surface area contributed by atoms with Crippen molar-refractivity contribution in [2.75, 3.05) is 12.8 Å². The molecule has 4 nitrogen and oxygen atoms in total. The molecule has 0 aliphatic heterocycles. The molecule has 3 N–H and O–H groups in total. The van der Waals surface area contributed by atoms with Gasteiger partial charge in [0.1, 0.15) is 11.6 Å². The van der Waals surface area contributed by atoms with Crippen LogP contribution < -0.4 is 11.1 Å². The van der Waals surface area contributed by atoms with E-state index in [1.807, 2.05) is 18.7 Å². The molecule has 0 spiro atoms. The number of nitrogens with one attached hydrogen (secondary N) is 1. The Morgan fingerprint density at radius 3 is 2.90 bits per heavy atom. The fraction of sp³-hybridized carbons (Fsp3) is 0.500. The number of hydrogen-bond acceptors (Lipinski definition) is 3. The Labute approximate surface area is 60.1 Å². The van der Waals surface area contributed by atoms with E-state index in [0.717, 1.165) is 12.4 Å². The van der Waals surface area contributed by atoms with Crippen LogP contribution in [0.2, 0.25) is 0 Å². The van der Waals surface area contributed by atoms with Crippen molar-refractivity contribution in [3.63, 3.8) is 0 Å². The van der Waals surface area contributed by atoms with Crippen LogP contribution in [-0.4, -0.2) is 16.6 Å². The number of hydrogen-bond donors (Lipinski definition) is 2. The first kappa shape index (κ1) is 7.08. The second-order valence-electron chi connectivity index (χ2n) is 2.22. The van der Waals surface area contributed by atoms with Gasteiger partial charge < -0.3 is 15.6 Å². The molecule has 4 heteroatoms. The first-order valence-corrected chi connectivity index (χ1v) is 3.16. The molecule has 56 valence electrons. The SMILES string of the molecule is CNCc1nc(N)cn1C. The Bertz CT molecular complexity index is 216. The molecule has 0 saturated carbocycles. The number of imidazole rings is 1. The van der Waals surface area contributed by atoms with Crippen molar-refractivity contribution in [1.82, 2.24) is 14.9 Å². The molecule has 10 heavy (non-hydrogen) atoms. The molecule has 1 aromatic heterocycles. The lowest BCUT2D eigenvalue weighted by Crippen LogP contribution is -2.09. The molecule has 1 rings (SSSR count). The summed E-state index contributed by atoms with van der Waals surface area (Å²) in [6, 6.07) is 0. The Kier molecular flexibility index (Phi) is 1.91. The van der Waals surface area contributed by atoms with Crippen LogP contribution in [0.25, 0.3) is 0 Å². The molecule has 0 amide bonds. The zero-order valence-electron chi connectivity index (χ0n) is 6.26. The second kappa shape index (κ2) is 2.70. The smallest absolute Gasteiger partial charge is 0.141 e. The summed E-state index contributed by atoms with van der Waals surface area (Å²) in [5.41, 5.74) is 5.45. The summed E-state index contributed by atoms with van der Waals surface area (Å²) in [5.74, 6) is 1.53. The lowest BCUT2D eigenvalue weighted by atomic mass is 10.6. The number of nitrogens with zero attached hydrogens (tertiary/aromatic N) is 2. The fourth-order valence-corrected chi connectivity index (χ4v) is 0.852. The molecule has 1 aromatic rings. The summed E-state index contributed by atoms with van der Waals surface area (Å²) >= 11 is 0. The lowest BCUT2D eigenvalue weighted by Gasteiger charge is -1.97. The highest BCUT2D eigenvalue weighted by atomic mass is 15.1. The highest BCUT2D eigenvalue weighted by Gasteiger charge is 1.98. The van der Waals surface area contributed by atoms with Crippen molar-refractivity contribution in [2.24, 2.45) is 7.05 Å². The first-order valence-electron chi connectivity index (χ1n) is 3.16. The Balaban J connectivity index is 2.81. The molecule has 0 fully saturated rings. The fourth-order valence-electron chi connectivity index (χ4n) is 0.852.